The molecule has 0 bridgehead atoms. The largest absolute Gasteiger partial charge is 0.495 e. The van der Waals surface area contributed by atoms with E-state index in [1.54, 1.807) is 18.4 Å². The van der Waals surface area contributed by atoms with Crippen molar-refractivity contribution >= 4 is 34.4 Å². The van der Waals surface area contributed by atoms with E-state index in [1.807, 2.05) is 48.7 Å². The number of para-hydroxylation sites is 2. The molecule has 3 heterocycles. The fourth-order valence-corrected chi connectivity index (χ4v) is 4.79. The van der Waals surface area contributed by atoms with Crippen molar-refractivity contribution in [3.8, 4) is 5.75 Å². The first-order chi connectivity index (χ1) is 12.7. The summed E-state index contributed by atoms with van der Waals surface area (Å²) in [5, 5.41) is 6.29. The highest BCUT2D eigenvalue weighted by atomic mass is 32.1. The van der Waals surface area contributed by atoms with Crippen LogP contribution in [0.3, 0.4) is 0 Å². The van der Waals surface area contributed by atoms with E-state index in [0.29, 0.717) is 5.11 Å². The molecular formula is C20H19N3OS2. The highest BCUT2D eigenvalue weighted by Crippen LogP contribution is 2.46. The van der Waals surface area contributed by atoms with Crippen molar-refractivity contribution in [3.05, 3.63) is 76.2 Å². The van der Waals surface area contributed by atoms with Crippen molar-refractivity contribution in [1.29, 1.82) is 0 Å². The highest BCUT2D eigenvalue weighted by Gasteiger charge is 2.42. The molecule has 0 spiro atoms. The van der Waals surface area contributed by atoms with Crippen molar-refractivity contribution in [2.45, 2.75) is 19.0 Å². The third-order valence-corrected chi connectivity index (χ3v) is 6.02. The standard InChI is InChI=1S/C20H19N3OS2/c1-13-10-12-26-19(13)18-17(14-7-5-6-11-21-14)22-20(25)23(18)15-8-3-4-9-16(15)24-2/h3-12,17-18H,1-2H3,(H,22,25)/t17-,18-/m0/s1. The summed E-state index contributed by atoms with van der Waals surface area (Å²) in [4.78, 5) is 8.02. The maximum absolute atomic E-state index is 5.74. The number of hydrogen-bond acceptors (Lipinski definition) is 4. The molecular weight excluding hydrogens is 362 g/mol. The van der Waals surface area contributed by atoms with Crippen LogP contribution in [0, 0.1) is 6.92 Å². The summed E-state index contributed by atoms with van der Waals surface area (Å²) >= 11 is 7.49. The van der Waals surface area contributed by atoms with Crippen LogP contribution in [0.1, 0.15) is 28.2 Å². The lowest BCUT2D eigenvalue weighted by Crippen LogP contribution is -2.29. The SMILES string of the molecule is COc1ccccc1N1C(=S)N[C@@H](c2ccccn2)[C@H]1c1sccc1C. The van der Waals surface area contributed by atoms with Gasteiger partial charge < -0.3 is 15.0 Å². The Morgan fingerprint density at radius 2 is 1.96 bits per heavy atom. The van der Waals surface area contributed by atoms with Crippen LogP contribution < -0.4 is 15.0 Å². The zero-order chi connectivity index (χ0) is 18.1. The molecule has 3 aromatic rings. The molecule has 1 aliphatic heterocycles. The number of ether oxygens (including phenoxy) is 1. The van der Waals surface area contributed by atoms with Crippen molar-refractivity contribution in [2.24, 2.45) is 0 Å². The van der Waals surface area contributed by atoms with Gasteiger partial charge in [0.05, 0.1) is 30.6 Å². The number of nitrogens with one attached hydrogen (secondary N) is 1. The van der Waals surface area contributed by atoms with Crippen LogP contribution >= 0.6 is 23.6 Å². The van der Waals surface area contributed by atoms with Gasteiger partial charge in [-0.1, -0.05) is 18.2 Å². The molecule has 1 aliphatic rings. The van der Waals surface area contributed by atoms with E-state index in [-0.39, 0.29) is 12.1 Å². The number of aromatic nitrogens is 1. The number of methoxy groups -OCH3 is 1. The van der Waals surface area contributed by atoms with Crippen molar-refractivity contribution < 1.29 is 4.74 Å². The van der Waals surface area contributed by atoms with Crippen LogP contribution in [0.4, 0.5) is 5.69 Å². The Bertz CT molecular complexity index is 926. The lowest BCUT2D eigenvalue weighted by molar-refractivity contribution is 0.414. The van der Waals surface area contributed by atoms with Crippen LogP contribution in [0.5, 0.6) is 5.75 Å². The molecule has 132 valence electrons. The zero-order valence-electron chi connectivity index (χ0n) is 14.5. The minimum Gasteiger partial charge on any atom is -0.495 e. The van der Waals surface area contributed by atoms with E-state index < -0.39 is 0 Å². The first-order valence-corrected chi connectivity index (χ1v) is 9.67. The van der Waals surface area contributed by atoms with Gasteiger partial charge in [0.1, 0.15) is 5.75 Å². The summed E-state index contributed by atoms with van der Waals surface area (Å²) < 4.78 is 5.60. The molecule has 6 heteroatoms. The van der Waals surface area contributed by atoms with Crippen LogP contribution in [-0.2, 0) is 0 Å². The number of nitrogens with zero attached hydrogens (tertiary/aromatic N) is 2. The molecule has 1 saturated heterocycles. The van der Waals surface area contributed by atoms with E-state index in [1.165, 1.54) is 10.4 Å². The van der Waals surface area contributed by atoms with Crippen LogP contribution in [-0.4, -0.2) is 17.2 Å². The molecule has 1 N–H and O–H groups in total. The molecule has 0 radical (unpaired) electrons. The van der Waals surface area contributed by atoms with Crippen molar-refractivity contribution in [3.63, 3.8) is 0 Å². The van der Waals surface area contributed by atoms with Gasteiger partial charge in [0, 0.05) is 11.1 Å². The number of thiophene rings is 1. The van der Waals surface area contributed by atoms with Gasteiger partial charge in [-0.15, -0.1) is 11.3 Å². The lowest BCUT2D eigenvalue weighted by atomic mass is 10.0. The second-order valence-corrected chi connectivity index (χ2v) is 7.47. The zero-order valence-corrected chi connectivity index (χ0v) is 16.2. The summed E-state index contributed by atoms with van der Waals surface area (Å²) in [6.07, 6.45) is 1.82. The molecule has 2 atom stereocenters. The number of benzene rings is 1. The summed E-state index contributed by atoms with van der Waals surface area (Å²) in [6, 6.07) is 16.1. The minimum atomic E-state index is -0.0223. The molecule has 0 aliphatic carbocycles. The summed E-state index contributed by atoms with van der Waals surface area (Å²) in [5.41, 5.74) is 3.20. The number of thiocarbonyl (C=S) groups is 1. The van der Waals surface area contributed by atoms with Crippen LogP contribution in [0.25, 0.3) is 0 Å². The number of anilines is 1. The topological polar surface area (TPSA) is 37.4 Å². The Morgan fingerprint density at radius 1 is 1.15 bits per heavy atom. The van der Waals surface area contributed by atoms with Crippen molar-refractivity contribution in [2.75, 3.05) is 12.0 Å². The fourth-order valence-electron chi connectivity index (χ4n) is 3.40. The van der Waals surface area contributed by atoms with Crippen LogP contribution in [0.15, 0.2) is 60.1 Å². The lowest BCUT2D eigenvalue weighted by Gasteiger charge is -2.28. The number of aryl methyl sites for hydroxylation is 1. The van der Waals surface area contributed by atoms with E-state index >= 15 is 0 Å². The van der Waals surface area contributed by atoms with Crippen LogP contribution in [0.2, 0.25) is 0 Å². The van der Waals surface area contributed by atoms with Gasteiger partial charge in [-0.05, 0) is 60.4 Å². The average Bonchev–Trinajstić information content (AvgIpc) is 3.25. The van der Waals surface area contributed by atoms with Gasteiger partial charge >= 0.3 is 0 Å². The third-order valence-electron chi connectivity index (χ3n) is 4.61. The molecule has 0 saturated carbocycles. The van der Waals surface area contributed by atoms with Gasteiger partial charge in [0.25, 0.3) is 0 Å². The van der Waals surface area contributed by atoms with Gasteiger partial charge in [-0.25, -0.2) is 0 Å². The van der Waals surface area contributed by atoms with Crippen molar-refractivity contribution in [1.82, 2.24) is 10.3 Å². The number of hydrogen-bond donors (Lipinski definition) is 1. The maximum atomic E-state index is 5.74. The van der Waals surface area contributed by atoms with Gasteiger partial charge in [-0.3, -0.25) is 4.98 Å². The Morgan fingerprint density at radius 3 is 2.65 bits per heavy atom. The first kappa shape index (κ1) is 17.0. The molecule has 0 amide bonds. The molecule has 2 aromatic heterocycles. The minimum absolute atomic E-state index is 0.0219. The van der Waals surface area contributed by atoms with Gasteiger partial charge in [0.2, 0.25) is 0 Å². The predicted molar refractivity (Wildman–Crippen MR) is 110 cm³/mol. The molecule has 1 aromatic carbocycles. The summed E-state index contributed by atoms with van der Waals surface area (Å²) in [7, 11) is 1.69. The predicted octanol–water partition coefficient (Wildman–Crippen LogP) is 4.64. The summed E-state index contributed by atoms with van der Waals surface area (Å²) in [5.74, 6) is 0.803. The van der Waals surface area contributed by atoms with E-state index in [4.69, 9.17) is 17.0 Å². The third kappa shape index (κ3) is 2.85. The first-order valence-electron chi connectivity index (χ1n) is 8.38. The Balaban J connectivity index is 1.87. The maximum Gasteiger partial charge on any atom is 0.174 e. The second-order valence-electron chi connectivity index (χ2n) is 6.14. The number of pyridine rings is 1. The Hall–Kier alpha value is -2.44. The number of rotatable bonds is 4. The quantitative estimate of drug-likeness (QED) is 0.667. The Kier molecular flexibility index (Phi) is 4.61. The van der Waals surface area contributed by atoms with Gasteiger partial charge in [-0.2, -0.15) is 0 Å². The van der Waals surface area contributed by atoms with E-state index in [0.717, 1.165) is 17.1 Å². The average molecular weight is 382 g/mol. The molecule has 4 nitrogen and oxygen atoms in total. The molecule has 26 heavy (non-hydrogen) atoms. The monoisotopic (exact) mass is 381 g/mol. The molecule has 0 unspecified atom stereocenters. The normalized spacial score (nSPS) is 19.5. The molecule has 1 fully saturated rings. The smallest absolute Gasteiger partial charge is 0.174 e. The molecule has 4 rings (SSSR count). The Labute approximate surface area is 162 Å². The van der Waals surface area contributed by atoms with Gasteiger partial charge in [0.15, 0.2) is 5.11 Å². The highest BCUT2D eigenvalue weighted by molar-refractivity contribution is 7.80. The van der Waals surface area contributed by atoms with E-state index in [9.17, 15) is 0 Å². The van der Waals surface area contributed by atoms with E-state index in [2.05, 4.69) is 33.6 Å². The fraction of sp³-hybridized carbons (Fsp3) is 0.200. The second kappa shape index (κ2) is 7.05. The summed E-state index contributed by atoms with van der Waals surface area (Å²) in [6.45, 7) is 2.14.